The van der Waals surface area contributed by atoms with Crippen molar-refractivity contribution in [3.8, 4) is 5.75 Å². The predicted molar refractivity (Wildman–Crippen MR) is 154 cm³/mol. The van der Waals surface area contributed by atoms with Gasteiger partial charge in [-0.05, 0) is 66.6 Å². The monoisotopic (exact) mass is 530 g/mol. The summed E-state index contributed by atoms with van der Waals surface area (Å²) >= 11 is 0. The van der Waals surface area contributed by atoms with E-state index in [1.54, 1.807) is 6.92 Å². The molecule has 206 valence electrons. The highest BCUT2D eigenvalue weighted by Gasteiger charge is 2.32. The van der Waals surface area contributed by atoms with Crippen LogP contribution in [0.15, 0.2) is 71.9 Å². The van der Waals surface area contributed by atoms with Gasteiger partial charge >= 0.3 is 5.97 Å². The molecule has 0 bridgehead atoms. The predicted octanol–water partition coefficient (Wildman–Crippen LogP) is 5.82. The number of hydrogen-bond acceptors (Lipinski definition) is 6. The highest BCUT2D eigenvalue weighted by Crippen LogP contribution is 2.41. The average molecular weight is 531 g/mol. The van der Waals surface area contributed by atoms with Gasteiger partial charge in [-0.3, -0.25) is 0 Å². The summed E-state index contributed by atoms with van der Waals surface area (Å²) in [5.41, 5.74) is 6.74. The first-order chi connectivity index (χ1) is 18.7. The van der Waals surface area contributed by atoms with Gasteiger partial charge in [0.15, 0.2) is 6.10 Å². The number of carboxylic acid groups (broad SMARTS) is 1. The van der Waals surface area contributed by atoms with Crippen molar-refractivity contribution in [3.63, 3.8) is 0 Å². The first-order valence-corrected chi connectivity index (χ1v) is 13.5. The zero-order valence-corrected chi connectivity index (χ0v) is 23.2. The molecule has 2 N–H and O–H groups in total. The van der Waals surface area contributed by atoms with Crippen molar-refractivity contribution in [2.24, 2.45) is 5.16 Å². The molecule has 1 aliphatic heterocycles. The molecule has 3 aromatic carbocycles. The van der Waals surface area contributed by atoms with Crippen LogP contribution in [0.3, 0.4) is 0 Å². The number of carbonyl (C=O) groups is 1. The molecule has 1 aliphatic rings. The van der Waals surface area contributed by atoms with Crippen molar-refractivity contribution in [3.05, 3.63) is 94.5 Å². The number of ether oxygens (including phenoxy) is 2. The molecule has 4 rings (SSSR count). The van der Waals surface area contributed by atoms with Crippen LogP contribution in [0, 0.1) is 6.92 Å². The van der Waals surface area contributed by atoms with Crippen molar-refractivity contribution >= 4 is 17.4 Å². The minimum Gasteiger partial charge on any atom is -0.492 e. The molecule has 0 aliphatic carbocycles. The van der Waals surface area contributed by atoms with Crippen molar-refractivity contribution in [2.45, 2.75) is 52.1 Å². The molecular weight excluding hydrogens is 492 g/mol. The van der Waals surface area contributed by atoms with Gasteiger partial charge in [0.05, 0.1) is 6.54 Å². The van der Waals surface area contributed by atoms with Crippen LogP contribution in [-0.2, 0) is 21.4 Å². The first kappa shape index (κ1) is 28.2. The van der Waals surface area contributed by atoms with Gasteiger partial charge in [-0.2, -0.15) is 0 Å². The van der Waals surface area contributed by atoms with Crippen LogP contribution in [0.25, 0.3) is 0 Å². The normalized spacial score (nSPS) is 15.5. The molecule has 1 atom stereocenters. The van der Waals surface area contributed by atoms with Gasteiger partial charge in [0.2, 0.25) is 0 Å². The molecule has 0 amide bonds. The number of anilines is 1. The zero-order chi connectivity index (χ0) is 28.0. The van der Waals surface area contributed by atoms with E-state index in [2.05, 4.69) is 43.0 Å². The molecule has 3 aromatic rings. The number of hydrogen-bond donors (Lipinski definition) is 2. The van der Waals surface area contributed by atoms with Crippen molar-refractivity contribution in [1.82, 2.24) is 0 Å². The number of fused-ring (bicyclic) bond motifs is 1. The van der Waals surface area contributed by atoms with Gasteiger partial charge in [0.25, 0.3) is 0 Å². The van der Waals surface area contributed by atoms with Gasteiger partial charge in [-0.15, -0.1) is 0 Å². The summed E-state index contributed by atoms with van der Waals surface area (Å²) in [4.78, 5) is 13.7. The smallest absolute Gasteiger partial charge is 0.333 e. The highest BCUT2D eigenvalue weighted by atomic mass is 16.5. The van der Waals surface area contributed by atoms with Crippen LogP contribution >= 0.6 is 0 Å². The summed E-state index contributed by atoms with van der Waals surface area (Å²) in [6, 6.07) is 21.7. The second-order valence-corrected chi connectivity index (χ2v) is 10.6. The lowest BCUT2D eigenvalue weighted by atomic mass is 9.76. The molecule has 1 heterocycles. The van der Waals surface area contributed by atoms with Gasteiger partial charge in [-0.25, -0.2) is 4.79 Å². The van der Waals surface area contributed by atoms with E-state index >= 15 is 0 Å². The lowest BCUT2D eigenvalue weighted by molar-refractivity contribution is -0.149. The van der Waals surface area contributed by atoms with E-state index in [-0.39, 0.29) is 5.41 Å². The molecular formula is C32H38N2O5. The van der Waals surface area contributed by atoms with Crippen LogP contribution in [0.2, 0.25) is 0 Å². The van der Waals surface area contributed by atoms with Crippen LogP contribution in [-0.4, -0.2) is 54.4 Å². The van der Waals surface area contributed by atoms with E-state index in [4.69, 9.17) is 9.47 Å². The number of aliphatic carboxylic acids is 1. The SMILES string of the molecule is CCOC(Cc1ccc(OCCN2CCC(C)(C)c3cc(C(=NO)c4ccccc4)c(C)cc32)cc1)C(=O)O. The van der Waals surface area contributed by atoms with Gasteiger partial charge < -0.3 is 24.7 Å². The van der Waals surface area contributed by atoms with E-state index in [1.165, 1.54) is 11.3 Å². The Morgan fingerprint density at radius 3 is 2.46 bits per heavy atom. The third-order valence-corrected chi connectivity index (χ3v) is 7.44. The van der Waals surface area contributed by atoms with Gasteiger partial charge in [-0.1, -0.05) is 61.5 Å². The quantitative estimate of drug-likeness (QED) is 0.184. The Hall–Kier alpha value is -3.84. The largest absolute Gasteiger partial charge is 0.492 e. The number of carboxylic acids is 1. The fraction of sp³-hybridized carbons (Fsp3) is 0.375. The Labute approximate surface area is 230 Å². The first-order valence-electron chi connectivity index (χ1n) is 13.5. The fourth-order valence-electron chi connectivity index (χ4n) is 5.14. The number of aryl methyl sites for hydroxylation is 1. The molecule has 0 radical (unpaired) electrons. The molecule has 39 heavy (non-hydrogen) atoms. The van der Waals surface area contributed by atoms with E-state index in [1.807, 2.05) is 54.6 Å². The average Bonchev–Trinajstić information content (AvgIpc) is 2.92. The lowest BCUT2D eigenvalue weighted by Crippen LogP contribution is -2.39. The number of benzene rings is 3. The molecule has 1 unspecified atom stereocenters. The number of nitrogens with zero attached hydrogens (tertiary/aromatic N) is 2. The number of oxime groups is 1. The highest BCUT2D eigenvalue weighted by molar-refractivity contribution is 6.13. The summed E-state index contributed by atoms with van der Waals surface area (Å²) in [5.74, 6) is -0.206. The minimum absolute atomic E-state index is 0.0163. The third kappa shape index (κ3) is 6.60. The Morgan fingerprint density at radius 1 is 1.10 bits per heavy atom. The summed E-state index contributed by atoms with van der Waals surface area (Å²) < 4.78 is 11.4. The fourth-order valence-corrected chi connectivity index (χ4v) is 5.14. The second-order valence-electron chi connectivity index (χ2n) is 10.6. The van der Waals surface area contributed by atoms with Crippen LogP contribution in [0.5, 0.6) is 5.75 Å². The summed E-state index contributed by atoms with van der Waals surface area (Å²) in [6.45, 7) is 10.9. The van der Waals surface area contributed by atoms with Crippen LogP contribution in [0.1, 0.15) is 55.0 Å². The minimum atomic E-state index is -0.954. The molecule has 0 spiro atoms. The van der Waals surface area contributed by atoms with E-state index in [0.717, 1.165) is 47.5 Å². The maximum absolute atomic E-state index is 11.4. The van der Waals surface area contributed by atoms with E-state index in [9.17, 15) is 15.1 Å². The molecule has 7 nitrogen and oxygen atoms in total. The topological polar surface area (TPSA) is 91.6 Å². The molecule has 0 fully saturated rings. The maximum atomic E-state index is 11.4. The standard InChI is InChI=1S/C32H38N2O5/c1-5-38-29(31(35)36)20-23-11-13-25(14-12-23)39-18-17-34-16-15-32(3,4)27-21-26(22(2)19-28(27)34)30(33-37)24-9-7-6-8-10-24/h6-14,19,21,29,37H,5,15-18,20H2,1-4H3,(H,35,36). The summed E-state index contributed by atoms with van der Waals surface area (Å²) in [6.07, 6.45) is 0.471. The van der Waals surface area contributed by atoms with Crippen molar-refractivity contribution in [1.29, 1.82) is 0 Å². The second kappa shape index (κ2) is 12.3. The van der Waals surface area contributed by atoms with Crippen molar-refractivity contribution < 1.29 is 24.6 Å². The van der Waals surface area contributed by atoms with Crippen molar-refractivity contribution in [2.75, 3.05) is 31.2 Å². The summed E-state index contributed by atoms with van der Waals surface area (Å²) in [5, 5.41) is 22.9. The molecule has 7 heteroatoms. The molecule has 0 saturated heterocycles. The lowest BCUT2D eigenvalue weighted by Gasteiger charge is -2.41. The van der Waals surface area contributed by atoms with Gasteiger partial charge in [0, 0.05) is 36.4 Å². The molecule has 0 aromatic heterocycles. The Balaban J connectivity index is 1.46. The Bertz CT molecular complexity index is 1300. The Morgan fingerprint density at radius 2 is 1.82 bits per heavy atom. The van der Waals surface area contributed by atoms with E-state index < -0.39 is 12.1 Å². The Kier molecular flexibility index (Phi) is 8.92. The van der Waals surface area contributed by atoms with E-state index in [0.29, 0.717) is 25.3 Å². The van der Waals surface area contributed by atoms with Gasteiger partial charge in [0.1, 0.15) is 18.1 Å². The maximum Gasteiger partial charge on any atom is 0.333 e. The van der Waals surface area contributed by atoms with Crippen LogP contribution in [0.4, 0.5) is 5.69 Å². The van der Waals surface area contributed by atoms with Crippen LogP contribution < -0.4 is 9.64 Å². The zero-order valence-electron chi connectivity index (χ0n) is 23.2. The molecule has 0 saturated carbocycles. The third-order valence-electron chi connectivity index (χ3n) is 7.44. The number of rotatable bonds is 11. The summed E-state index contributed by atoms with van der Waals surface area (Å²) in [7, 11) is 0.